The van der Waals surface area contributed by atoms with Crippen molar-refractivity contribution in [2.24, 2.45) is 0 Å². The molecule has 1 aliphatic rings. The first-order valence-corrected chi connectivity index (χ1v) is 5.93. The third kappa shape index (κ3) is 2.70. The molecule has 4 N–H and O–H groups in total. The second-order valence-electron chi connectivity index (χ2n) is 4.41. The smallest absolute Gasteiger partial charge is 0.351 e. The summed E-state index contributed by atoms with van der Waals surface area (Å²) in [5, 5.41) is 30.8. The van der Waals surface area contributed by atoms with E-state index in [1.807, 2.05) is 0 Å². The average Bonchev–Trinajstić information content (AvgIpc) is 2.66. The summed E-state index contributed by atoms with van der Waals surface area (Å²) in [7, 11) is 0. The minimum Gasteiger partial charge on any atom is -0.394 e. The van der Waals surface area contributed by atoms with E-state index in [9.17, 15) is 19.8 Å². The molecule has 4 atom stereocenters. The molecule has 0 aliphatic carbocycles. The van der Waals surface area contributed by atoms with Gasteiger partial charge in [-0.1, -0.05) is 0 Å². The van der Waals surface area contributed by atoms with Crippen molar-refractivity contribution in [3.63, 3.8) is 0 Å². The monoisotopic (exact) mass is 285 g/mol. The molecule has 1 aromatic rings. The highest BCUT2D eigenvalue weighted by Crippen LogP contribution is 2.27. The lowest BCUT2D eigenvalue weighted by atomic mass is 10.1. The summed E-state index contributed by atoms with van der Waals surface area (Å²) in [5.74, 6) is -0.298. The Morgan fingerprint density at radius 2 is 2.20 bits per heavy atom. The third-order valence-electron chi connectivity index (χ3n) is 2.93. The third-order valence-corrected chi connectivity index (χ3v) is 2.93. The van der Waals surface area contributed by atoms with E-state index in [4.69, 9.17) is 9.84 Å². The van der Waals surface area contributed by atoms with Crippen molar-refractivity contribution in [1.29, 1.82) is 0 Å². The Morgan fingerprint density at radius 3 is 2.70 bits per heavy atom. The minimum atomic E-state index is -1.36. The van der Waals surface area contributed by atoms with Gasteiger partial charge in [-0.05, 0) is 6.07 Å². The SMILES string of the molecule is CC(=O)Nc1ccn([C@H]2O[C@H](CO)[C@@H](O)[C@@H]2O)c(=O)n1. The predicted octanol–water partition coefficient (Wildman–Crippen LogP) is -2.19. The maximum absolute atomic E-state index is 11.8. The van der Waals surface area contributed by atoms with Crippen molar-refractivity contribution in [2.45, 2.75) is 31.5 Å². The Labute approximate surface area is 113 Å². The molecule has 9 nitrogen and oxygen atoms in total. The zero-order valence-corrected chi connectivity index (χ0v) is 10.6. The van der Waals surface area contributed by atoms with Gasteiger partial charge in [0.15, 0.2) is 6.23 Å². The highest BCUT2D eigenvalue weighted by atomic mass is 16.6. The molecule has 2 rings (SSSR count). The van der Waals surface area contributed by atoms with E-state index < -0.39 is 36.8 Å². The van der Waals surface area contributed by atoms with Crippen LogP contribution in [-0.4, -0.2) is 55.7 Å². The topological polar surface area (TPSA) is 134 Å². The van der Waals surface area contributed by atoms with E-state index in [1.54, 1.807) is 0 Å². The van der Waals surface area contributed by atoms with Crippen LogP contribution in [0.5, 0.6) is 0 Å². The number of amides is 1. The van der Waals surface area contributed by atoms with Gasteiger partial charge in [0, 0.05) is 13.1 Å². The quantitative estimate of drug-likeness (QED) is 0.495. The summed E-state index contributed by atoms with van der Waals surface area (Å²) in [6.07, 6.45) is -3.50. The standard InChI is InChI=1S/C11H15N3O6/c1-5(16)12-7-2-3-14(11(19)13-7)10-9(18)8(17)6(4-15)20-10/h2-3,6,8-10,15,17-18H,4H2,1H3,(H,12,13,16,19)/t6-,8-,9+,10+/m1/s1. The van der Waals surface area contributed by atoms with Crippen molar-refractivity contribution in [3.8, 4) is 0 Å². The van der Waals surface area contributed by atoms with Gasteiger partial charge in [0.25, 0.3) is 0 Å². The summed E-state index contributed by atoms with van der Waals surface area (Å²) in [4.78, 5) is 26.3. The van der Waals surface area contributed by atoms with Crippen LogP contribution < -0.4 is 11.0 Å². The highest BCUT2D eigenvalue weighted by Gasteiger charge is 2.43. The first-order valence-electron chi connectivity index (χ1n) is 5.93. The Bertz CT molecular complexity index is 559. The van der Waals surface area contributed by atoms with Gasteiger partial charge in [-0.15, -0.1) is 0 Å². The van der Waals surface area contributed by atoms with Crippen molar-refractivity contribution in [1.82, 2.24) is 9.55 Å². The van der Waals surface area contributed by atoms with Gasteiger partial charge in [-0.25, -0.2) is 4.79 Å². The van der Waals surface area contributed by atoms with Gasteiger partial charge in [-0.3, -0.25) is 9.36 Å². The van der Waals surface area contributed by atoms with Gasteiger partial charge in [0.2, 0.25) is 5.91 Å². The number of carbonyl (C=O) groups excluding carboxylic acids is 1. The molecule has 0 unspecified atom stereocenters. The number of aliphatic hydroxyl groups is 3. The minimum absolute atomic E-state index is 0.0745. The zero-order chi connectivity index (χ0) is 14.9. The van der Waals surface area contributed by atoms with E-state index in [0.717, 1.165) is 4.57 Å². The fourth-order valence-electron chi connectivity index (χ4n) is 1.97. The first-order chi connectivity index (χ1) is 9.43. The number of ether oxygens (including phenoxy) is 1. The molecule has 1 saturated heterocycles. The molecule has 2 heterocycles. The molecule has 110 valence electrons. The molecule has 0 radical (unpaired) electrons. The van der Waals surface area contributed by atoms with Gasteiger partial charge < -0.3 is 25.4 Å². The van der Waals surface area contributed by atoms with Crippen LogP contribution in [0.25, 0.3) is 0 Å². The lowest BCUT2D eigenvalue weighted by Crippen LogP contribution is -2.36. The number of hydrogen-bond donors (Lipinski definition) is 4. The summed E-state index contributed by atoms with van der Waals surface area (Å²) in [5.41, 5.74) is -0.758. The fourth-order valence-corrected chi connectivity index (χ4v) is 1.97. The van der Waals surface area contributed by atoms with Gasteiger partial charge in [0.1, 0.15) is 24.1 Å². The number of carbonyl (C=O) groups is 1. The molecular formula is C11H15N3O6. The Morgan fingerprint density at radius 1 is 1.50 bits per heavy atom. The fraction of sp³-hybridized carbons (Fsp3) is 0.545. The molecule has 1 aliphatic heterocycles. The van der Waals surface area contributed by atoms with Gasteiger partial charge in [-0.2, -0.15) is 4.98 Å². The number of hydrogen-bond acceptors (Lipinski definition) is 7. The van der Waals surface area contributed by atoms with Crippen LogP contribution in [-0.2, 0) is 9.53 Å². The number of rotatable bonds is 3. The van der Waals surface area contributed by atoms with E-state index in [2.05, 4.69) is 10.3 Å². The second kappa shape index (κ2) is 5.67. The number of nitrogens with zero attached hydrogens (tertiary/aromatic N) is 2. The summed E-state index contributed by atoms with van der Waals surface area (Å²) < 4.78 is 6.19. The normalized spacial score (nSPS) is 29.4. The second-order valence-corrected chi connectivity index (χ2v) is 4.41. The van der Waals surface area contributed by atoms with E-state index in [-0.39, 0.29) is 11.7 Å². The van der Waals surface area contributed by atoms with E-state index >= 15 is 0 Å². The van der Waals surface area contributed by atoms with Crippen LogP contribution >= 0.6 is 0 Å². The predicted molar refractivity (Wildman–Crippen MR) is 65.8 cm³/mol. The number of aliphatic hydroxyl groups excluding tert-OH is 3. The summed E-state index contributed by atoms with van der Waals surface area (Å²) in [6, 6.07) is 1.36. The van der Waals surface area contributed by atoms with Crippen LogP contribution in [0.2, 0.25) is 0 Å². The highest BCUT2D eigenvalue weighted by molar-refractivity contribution is 5.87. The van der Waals surface area contributed by atoms with Gasteiger partial charge in [0.05, 0.1) is 6.61 Å². The maximum atomic E-state index is 11.8. The Kier molecular flexibility index (Phi) is 4.14. The first kappa shape index (κ1) is 14.6. The van der Waals surface area contributed by atoms with Gasteiger partial charge >= 0.3 is 5.69 Å². The molecule has 0 aromatic carbocycles. The Balaban J connectivity index is 2.26. The largest absolute Gasteiger partial charge is 0.394 e. The molecular weight excluding hydrogens is 270 g/mol. The van der Waals surface area contributed by atoms with E-state index in [0.29, 0.717) is 0 Å². The molecule has 0 bridgehead atoms. The Hall–Kier alpha value is -1.81. The zero-order valence-electron chi connectivity index (χ0n) is 10.6. The summed E-state index contributed by atoms with van der Waals surface area (Å²) >= 11 is 0. The molecule has 20 heavy (non-hydrogen) atoms. The van der Waals surface area contributed by atoms with Crippen molar-refractivity contribution in [3.05, 3.63) is 22.7 Å². The number of nitrogens with one attached hydrogen (secondary N) is 1. The lowest BCUT2D eigenvalue weighted by molar-refractivity contribution is -0.114. The molecule has 1 aromatic heterocycles. The van der Waals surface area contributed by atoms with Crippen LogP contribution in [0, 0.1) is 0 Å². The lowest BCUT2D eigenvalue weighted by Gasteiger charge is -2.17. The molecule has 9 heteroatoms. The van der Waals surface area contributed by atoms with Crippen LogP contribution in [0.1, 0.15) is 13.2 Å². The molecule has 1 amide bonds. The van der Waals surface area contributed by atoms with Crippen molar-refractivity contribution >= 4 is 11.7 Å². The van der Waals surface area contributed by atoms with Crippen LogP contribution in [0.4, 0.5) is 5.82 Å². The summed E-state index contributed by atoms with van der Waals surface area (Å²) in [6.45, 7) is 0.792. The van der Waals surface area contributed by atoms with Crippen molar-refractivity contribution in [2.75, 3.05) is 11.9 Å². The molecule has 1 fully saturated rings. The average molecular weight is 285 g/mol. The number of aromatic nitrogens is 2. The van der Waals surface area contributed by atoms with E-state index in [1.165, 1.54) is 19.2 Å². The van der Waals surface area contributed by atoms with Crippen LogP contribution in [0.3, 0.4) is 0 Å². The molecule has 0 saturated carbocycles. The van der Waals surface area contributed by atoms with Crippen LogP contribution in [0.15, 0.2) is 17.1 Å². The number of anilines is 1. The van der Waals surface area contributed by atoms with Crippen molar-refractivity contribution < 1.29 is 24.9 Å². The maximum Gasteiger partial charge on any atom is 0.351 e. The molecule has 0 spiro atoms.